The highest BCUT2D eigenvalue weighted by molar-refractivity contribution is 8.00. The van der Waals surface area contributed by atoms with E-state index in [0.717, 1.165) is 43.0 Å². The number of fused-ring (bicyclic) bond motifs is 2. The SMILES string of the molecule is Cc1ccc2c(CSc3nnc(CSc4nc5ccccc5s4)n3-c3ccccc3)cc(=O)oc2c1. The minimum Gasteiger partial charge on any atom is -0.423 e. The van der Waals surface area contributed by atoms with Crippen molar-refractivity contribution in [1.29, 1.82) is 0 Å². The van der Waals surface area contributed by atoms with E-state index in [9.17, 15) is 4.79 Å². The van der Waals surface area contributed by atoms with Crippen LogP contribution in [0.5, 0.6) is 0 Å². The minimum atomic E-state index is -0.346. The Labute approximate surface area is 219 Å². The molecule has 36 heavy (non-hydrogen) atoms. The number of thiazole rings is 1. The molecule has 0 aliphatic rings. The molecule has 3 heterocycles. The molecule has 0 unspecified atom stereocenters. The number of hydrogen-bond acceptors (Lipinski definition) is 8. The van der Waals surface area contributed by atoms with Crippen LogP contribution in [0.1, 0.15) is 17.0 Å². The van der Waals surface area contributed by atoms with Crippen molar-refractivity contribution in [3.05, 3.63) is 106 Å². The van der Waals surface area contributed by atoms with Crippen LogP contribution in [0.2, 0.25) is 0 Å². The number of benzene rings is 3. The first-order valence-electron chi connectivity index (χ1n) is 11.3. The summed E-state index contributed by atoms with van der Waals surface area (Å²) < 4.78 is 9.69. The maximum absolute atomic E-state index is 12.2. The number of rotatable bonds is 7. The molecule has 0 atom stereocenters. The highest BCUT2D eigenvalue weighted by Crippen LogP contribution is 2.33. The lowest BCUT2D eigenvalue weighted by atomic mass is 10.1. The van der Waals surface area contributed by atoms with Crippen LogP contribution >= 0.6 is 34.9 Å². The highest BCUT2D eigenvalue weighted by Gasteiger charge is 2.17. The molecule has 0 amide bonds. The van der Waals surface area contributed by atoms with E-state index in [1.165, 1.54) is 4.70 Å². The first-order chi connectivity index (χ1) is 17.6. The Morgan fingerprint density at radius 1 is 0.917 bits per heavy atom. The maximum atomic E-state index is 12.2. The van der Waals surface area contributed by atoms with Crippen molar-refractivity contribution >= 4 is 56.0 Å². The molecule has 6 aromatic rings. The molecule has 0 bridgehead atoms. The van der Waals surface area contributed by atoms with Crippen LogP contribution in [0.3, 0.4) is 0 Å². The lowest BCUT2D eigenvalue weighted by molar-refractivity contribution is 0.559. The predicted molar refractivity (Wildman–Crippen MR) is 147 cm³/mol. The summed E-state index contributed by atoms with van der Waals surface area (Å²) in [5.41, 5.74) is 4.24. The average Bonchev–Trinajstić information content (AvgIpc) is 3.49. The Balaban J connectivity index is 1.30. The van der Waals surface area contributed by atoms with Gasteiger partial charge in [0, 0.05) is 22.9 Å². The highest BCUT2D eigenvalue weighted by atomic mass is 32.2. The van der Waals surface area contributed by atoms with Crippen molar-refractivity contribution in [2.75, 3.05) is 0 Å². The number of thioether (sulfide) groups is 2. The third kappa shape index (κ3) is 4.69. The van der Waals surface area contributed by atoms with Crippen molar-refractivity contribution in [2.24, 2.45) is 0 Å². The van der Waals surface area contributed by atoms with Crippen LogP contribution in [0, 0.1) is 6.92 Å². The van der Waals surface area contributed by atoms with Crippen LogP contribution in [0.25, 0.3) is 26.9 Å². The van der Waals surface area contributed by atoms with Gasteiger partial charge in [-0.3, -0.25) is 4.57 Å². The van der Waals surface area contributed by atoms with Gasteiger partial charge in [-0.05, 0) is 48.4 Å². The van der Waals surface area contributed by atoms with Crippen LogP contribution in [-0.2, 0) is 11.5 Å². The van der Waals surface area contributed by atoms with Crippen LogP contribution in [0.4, 0.5) is 0 Å². The summed E-state index contributed by atoms with van der Waals surface area (Å²) in [6.07, 6.45) is 0. The second-order valence-corrected chi connectivity index (χ2v) is 11.4. The van der Waals surface area contributed by atoms with E-state index >= 15 is 0 Å². The summed E-state index contributed by atoms with van der Waals surface area (Å²) in [7, 11) is 0. The van der Waals surface area contributed by atoms with Gasteiger partial charge in [-0.2, -0.15) is 0 Å². The summed E-state index contributed by atoms with van der Waals surface area (Å²) in [5, 5.41) is 10.8. The molecule has 3 aromatic heterocycles. The van der Waals surface area contributed by atoms with Gasteiger partial charge in [-0.15, -0.1) is 21.5 Å². The second kappa shape index (κ2) is 9.93. The van der Waals surface area contributed by atoms with E-state index in [1.54, 1.807) is 40.9 Å². The third-order valence-electron chi connectivity index (χ3n) is 5.66. The minimum absolute atomic E-state index is 0.346. The standard InChI is InChI=1S/C27H20N4O2S3/c1-17-11-12-20-18(14-25(32)33-22(20)13-17)15-34-26-30-29-24(31(26)19-7-3-2-4-8-19)16-35-27-28-21-9-5-6-10-23(21)36-27/h2-14H,15-16H2,1H3. The molecular weight excluding hydrogens is 509 g/mol. The zero-order valence-electron chi connectivity index (χ0n) is 19.2. The lowest BCUT2D eigenvalue weighted by Gasteiger charge is -2.10. The molecule has 0 spiro atoms. The van der Waals surface area contributed by atoms with E-state index in [1.807, 2.05) is 61.5 Å². The zero-order chi connectivity index (χ0) is 24.5. The number of nitrogens with zero attached hydrogens (tertiary/aromatic N) is 4. The Bertz CT molecular complexity index is 1710. The number of aryl methyl sites for hydroxylation is 1. The van der Waals surface area contributed by atoms with Crippen molar-refractivity contribution in [1.82, 2.24) is 19.7 Å². The van der Waals surface area contributed by atoms with Gasteiger partial charge in [0.2, 0.25) is 0 Å². The molecule has 178 valence electrons. The molecule has 0 saturated carbocycles. The molecule has 0 radical (unpaired) electrons. The molecule has 3 aromatic carbocycles. The fourth-order valence-electron chi connectivity index (χ4n) is 3.96. The van der Waals surface area contributed by atoms with Crippen molar-refractivity contribution in [2.45, 2.75) is 27.9 Å². The molecule has 6 nitrogen and oxygen atoms in total. The topological polar surface area (TPSA) is 73.8 Å². The fraction of sp³-hybridized carbons (Fsp3) is 0.111. The zero-order valence-corrected chi connectivity index (χ0v) is 21.7. The van der Waals surface area contributed by atoms with E-state index in [-0.39, 0.29) is 5.63 Å². The van der Waals surface area contributed by atoms with Gasteiger partial charge < -0.3 is 4.42 Å². The maximum Gasteiger partial charge on any atom is 0.336 e. The summed E-state index contributed by atoms with van der Waals surface area (Å²) in [6, 6.07) is 25.8. The van der Waals surface area contributed by atoms with Gasteiger partial charge in [0.05, 0.1) is 16.0 Å². The Hall–Kier alpha value is -3.40. The third-order valence-corrected chi connectivity index (χ3v) is 8.81. The Kier molecular flexibility index (Phi) is 6.35. The van der Waals surface area contributed by atoms with E-state index in [0.29, 0.717) is 17.1 Å². The van der Waals surface area contributed by atoms with Gasteiger partial charge in [0.15, 0.2) is 9.50 Å². The smallest absolute Gasteiger partial charge is 0.336 e. The average molecular weight is 529 g/mol. The van der Waals surface area contributed by atoms with Gasteiger partial charge in [0.1, 0.15) is 11.4 Å². The summed E-state index contributed by atoms with van der Waals surface area (Å²) in [6.45, 7) is 1.98. The number of hydrogen-bond donors (Lipinski definition) is 0. The first-order valence-corrected chi connectivity index (χ1v) is 14.1. The number of para-hydroxylation sites is 2. The van der Waals surface area contributed by atoms with Crippen molar-refractivity contribution in [3.8, 4) is 5.69 Å². The lowest BCUT2D eigenvalue weighted by Crippen LogP contribution is -2.03. The molecule has 0 fully saturated rings. The van der Waals surface area contributed by atoms with Gasteiger partial charge in [0.25, 0.3) is 0 Å². The molecule has 9 heteroatoms. The van der Waals surface area contributed by atoms with Crippen LogP contribution in [-0.4, -0.2) is 19.7 Å². The Morgan fingerprint density at radius 2 is 1.75 bits per heavy atom. The van der Waals surface area contributed by atoms with Crippen LogP contribution in [0.15, 0.2) is 97.6 Å². The van der Waals surface area contributed by atoms with Gasteiger partial charge >= 0.3 is 5.63 Å². The Morgan fingerprint density at radius 3 is 2.61 bits per heavy atom. The van der Waals surface area contributed by atoms with E-state index in [2.05, 4.69) is 33.0 Å². The molecule has 0 N–H and O–H groups in total. The van der Waals surface area contributed by atoms with E-state index < -0.39 is 0 Å². The molecule has 0 aliphatic heterocycles. The van der Waals surface area contributed by atoms with Gasteiger partial charge in [-0.1, -0.05) is 66.0 Å². The normalized spacial score (nSPS) is 11.5. The second-order valence-electron chi connectivity index (χ2n) is 8.18. The van der Waals surface area contributed by atoms with Crippen LogP contribution < -0.4 is 5.63 Å². The first kappa shape index (κ1) is 23.0. The molecular formula is C27H20N4O2S3. The largest absolute Gasteiger partial charge is 0.423 e. The van der Waals surface area contributed by atoms with Crippen molar-refractivity contribution in [3.63, 3.8) is 0 Å². The van der Waals surface area contributed by atoms with Gasteiger partial charge in [-0.25, -0.2) is 9.78 Å². The molecule has 0 saturated heterocycles. The predicted octanol–water partition coefficient (Wildman–Crippen LogP) is 6.88. The summed E-state index contributed by atoms with van der Waals surface area (Å²) in [5.74, 6) is 2.06. The molecule has 6 rings (SSSR count). The number of aromatic nitrogens is 4. The van der Waals surface area contributed by atoms with E-state index in [4.69, 9.17) is 9.40 Å². The summed E-state index contributed by atoms with van der Waals surface area (Å²) in [4.78, 5) is 16.9. The summed E-state index contributed by atoms with van der Waals surface area (Å²) >= 11 is 4.90. The quantitative estimate of drug-likeness (QED) is 0.165. The molecule has 0 aliphatic carbocycles. The monoisotopic (exact) mass is 528 g/mol. The fourth-order valence-corrected chi connectivity index (χ4v) is 6.90. The van der Waals surface area contributed by atoms with Crippen molar-refractivity contribution < 1.29 is 4.42 Å².